The summed E-state index contributed by atoms with van der Waals surface area (Å²) < 4.78 is 26.2. The van der Waals surface area contributed by atoms with Crippen molar-refractivity contribution >= 4 is 18.8 Å². The molecule has 0 N–H and O–H groups in total. The fourth-order valence-corrected chi connectivity index (χ4v) is 6.39. The molecule has 0 aliphatic heterocycles. The molecule has 0 aromatic heterocycles. The predicted molar refractivity (Wildman–Crippen MR) is 151 cm³/mol. The lowest BCUT2D eigenvalue weighted by Crippen LogP contribution is -2.27. The summed E-state index contributed by atoms with van der Waals surface area (Å²) >= 11 is 0. The highest BCUT2D eigenvalue weighted by atomic mass is 31.2. The lowest BCUT2D eigenvalue weighted by molar-refractivity contribution is 0.108. The molecule has 6 heteroatoms. The SMILES string of the molecule is CCCCCC/C(=C\N(Cc1ccccc1)C(=O)OCc1ccccc1)P(=O)(OCC)c1ccccc1. The molecule has 0 aliphatic rings. The van der Waals surface area contributed by atoms with Crippen LogP contribution >= 0.6 is 7.37 Å². The highest BCUT2D eigenvalue weighted by Gasteiger charge is 2.32. The molecule has 0 heterocycles. The summed E-state index contributed by atoms with van der Waals surface area (Å²) in [5, 5.41) is 1.26. The Morgan fingerprint density at radius 1 is 0.811 bits per heavy atom. The molecule has 1 atom stereocenters. The van der Waals surface area contributed by atoms with Crippen LogP contribution < -0.4 is 5.30 Å². The fraction of sp³-hybridized carbons (Fsp3) is 0.323. The summed E-state index contributed by atoms with van der Waals surface area (Å²) in [7, 11) is -3.39. The molecule has 0 fully saturated rings. The van der Waals surface area contributed by atoms with Crippen molar-refractivity contribution < 1.29 is 18.6 Å². The average molecular weight is 520 g/mol. The van der Waals surface area contributed by atoms with Crippen molar-refractivity contribution in [1.82, 2.24) is 4.90 Å². The van der Waals surface area contributed by atoms with Gasteiger partial charge in [-0.15, -0.1) is 0 Å². The Kier molecular flexibility index (Phi) is 11.7. The van der Waals surface area contributed by atoms with Crippen molar-refractivity contribution in [2.75, 3.05) is 6.61 Å². The summed E-state index contributed by atoms with van der Waals surface area (Å²) in [5.41, 5.74) is 1.86. The van der Waals surface area contributed by atoms with Crippen molar-refractivity contribution in [3.63, 3.8) is 0 Å². The molecule has 0 spiro atoms. The Hall–Kier alpha value is -3.14. The van der Waals surface area contributed by atoms with E-state index in [-0.39, 0.29) is 6.61 Å². The number of nitrogens with zero attached hydrogens (tertiary/aromatic N) is 1. The van der Waals surface area contributed by atoms with Gasteiger partial charge in [0.2, 0.25) is 0 Å². The lowest BCUT2D eigenvalue weighted by Gasteiger charge is -2.25. The minimum atomic E-state index is -3.39. The van der Waals surface area contributed by atoms with Crippen molar-refractivity contribution in [3.8, 4) is 0 Å². The van der Waals surface area contributed by atoms with E-state index < -0.39 is 13.5 Å². The fourth-order valence-electron chi connectivity index (χ4n) is 4.08. The normalized spacial score (nSPS) is 13.1. The van der Waals surface area contributed by atoms with Crippen LogP contribution in [0.25, 0.3) is 0 Å². The highest BCUT2D eigenvalue weighted by molar-refractivity contribution is 7.71. The maximum absolute atomic E-state index is 14.5. The van der Waals surface area contributed by atoms with Gasteiger partial charge in [-0.3, -0.25) is 9.46 Å². The van der Waals surface area contributed by atoms with Gasteiger partial charge in [-0.25, -0.2) is 4.79 Å². The van der Waals surface area contributed by atoms with E-state index in [0.29, 0.717) is 30.2 Å². The summed E-state index contributed by atoms with van der Waals surface area (Å²) in [6, 6.07) is 28.6. The Labute approximate surface area is 221 Å². The van der Waals surface area contributed by atoms with Crippen LogP contribution in [0.15, 0.2) is 103 Å². The van der Waals surface area contributed by atoms with Gasteiger partial charge in [0.1, 0.15) is 6.61 Å². The van der Waals surface area contributed by atoms with Crippen LogP contribution in [0, 0.1) is 0 Å². The predicted octanol–water partition coefficient (Wildman–Crippen LogP) is 8.28. The zero-order chi connectivity index (χ0) is 26.3. The molecule has 196 valence electrons. The molecule has 1 unspecified atom stereocenters. The zero-order valence-electron chi connectivity index (χ0n) is 21.9. The summed E-state index contributed by atoms with van der Waals surface area (Å²) in [4.78, 5) is 14.9. The number of rotatable bonds is 14. The van der Waals surface area contributed by atoms with Gasteiger partial charge in [-0.2, -0.15) is 0 Å². The van der Waals surface area contributed by atoms with E-state index >= 15 is 0 Å². The topological polar surface area (TPSA) is 55.8 Å². The van der Waals surface area contributed by atoms with Gasteiger partial charge in [-0.1, -0.05) is 105 Å². The van der Waals surface area contributed by atoms with Crippen LogP contribution in [0.2, 0.25) is 0 Å². The second kappa shape index (κ2) is 15.2. The van der Waals surface area contributed by atoms with Crippen LogP contribution in [-0.2, 0) is 27.0 Å². The smallest absolute Gasteiger partial charge is 0.414 e. The molecule has 0 saturated carbocycles. The highest BCUT2D eigenvalue weighted by Crippen LogP contribution is 2.55. The third kappa shape index (κ3) is 8.73. The van der Waals surface area contributed by atoms with Crippen LogP contribution in [0.5, 0.6) is 0 Å². The van der Waals surface area contributed by atoms with Gasteiger partial charge in [0.15, 0.2) is 0 Å². The van der Waals surface area contributed by atoms with Crippen LogP contribution in [0.3, 0.4) is 0 Å². The Morgan fingerprint density at radius 3 is 2.00 bits per heavy atom. The van der Waals surface area contributed by atoms with Crippen LogP contribution in [0.4, 0.5) is 4.79 Å². The lowest BCUT2D eigenvalue weighted by atomic mass is 10.1. The monoisotopic (exact) mass is 519 g/mol. The third-order valence-corrected chi connectivity index (χ3v) is 8.71. The van der Waals surface area contributed by atoms with Gasteiger partial charge >= 0.3 is 6.09 Å². The number of amides is 1. The molecule has 0 bridgehead atoms. The Balaban J connectivity index is 1.98. The van der Waals surface area contributed by atoms with Gasteiger partial charge in [-0.05, 0) is 43.0 Å². The van der Waals surface area contributed by atoms with Gasteiger partial charge in [0.05, 0.1) is 13.2 Å². The molecule has 0 aliphatic carbocycles. The summed E-state index contributed by atoms with van der Waals surface area (Å²) in [5.74, 6) is 0. The summed E-state index contributed by atoms with van der Waals surface area (Å²) in [6.07, 6.45) is 5.89. The Bertz CT molecular complexity index is 1150. The third-order valence-electron chi connectivity index (χ3n) is 6.01. The minimum absolute atomic E-state index is 0.159. The number of allylic oxidation sites excluding steroid dienone is 1. The number of hydrogen-bond acceptors (Lipinski definition) is 4. The second-order valence-electron chi connectivity index (χ2n) is 8.89. The van der Waals surface area contributed by atoms with E-state index in [2.05, 4.69) is 6.92 Å². The first-order valence-electron chi connectivity index (χ1n) is 13.1. The number of carbonyl (C=O) groups excluding carboxylic acids is 1. The summed E-state index contributed by atoms with van der Waals surface area (Å²) in [6.45, 7) is 4.77. The van der Waals surface area contributed by atoms with E-state index in [1.807, 2.05) is 97.9 Å². The standard InChI is InChI=1S/C31H38NO4P/c1-3-5-6-14-23-30(37(34,36-4-2)29-21-15-9-16-22-29)25-32(24-27-17-10-7-11-18-27)31(33)35-26-28-19-12-8-13-20-28/h7-13,15-22,25H,3-6,14,23-24,26H2,1-2H3/b30-25+. The molecular weight excluding hydrogens is 481 g/mol. The number of hydrogen-bond donors (Lipinski definition) is 0. The van der Waals surface area contributed by atoms with Crippen LogP contribution in [-0.4, -0.2) is 17.6 Å². The van der Waals surface area contributed by atoms with Gasteiger partial charge in [0, 0.05) is 16.8 Å². The van der Waals surface area contributed by atoms with Gasteiger partial charge in [0.25, 0.3) is 7.37 Å². The molecular formula is C31H38NO4P. The molecule has 37 heavy (non-hydrogen) atoms. The van der Waals surface area contributed by atoms with Crippen molar-refractivity contribution in [3.05, 3.63) is 114 Å². The maximum atomic E-state index is 14.5. The number of unbranched alkanes of at least 4 members (excludes halogenated alkanes) is 3. The second-order valence-corrected chi connectivity index (χ2v) is 11.3. The molecule has 3 aromatic carbocycles. The first-order chi connectivity index (χ1) is 18.1. The van der Waals surface area contributed by atoms with E-state index in [0.717, 1.165) is 36.8 Å². The number of carbonyl (C=O) groups is 1. The van der Waals surface area contributed by atoms with E-state index in [9.17, 15) is 9.36 Å². The maximum Gasteiger partial charge on any atom is 0.414 e. The average Bonchev–Trinajstić information content (AvgIpc) is 2.94. The Morgan fingerprint density at radius 2 is 1.41 bits per heavy atom. The minimum Gasteiger partial charge on any atom is -0.444 e. The molecule has 0 radical (unpaired) electrons. The van der Waals surface area contributed by atoms with Crippen molar-refractivity contribution in [2.45, 2.75) is 59.1 Å². The quantitative estimate of drug-likeness (QED) is 0.159. The van der Waals surface area contributed by atoms with Crippen molar-refractivity contribution in [1.29, 1.82) is 0 Å². The van der Waals surface area contributed by atoms with E-state index in [1.165, 1.54) is 4.90 Å². The number of ether oxygens (including phenoxy) is 1. The zero-order valence-corrected chi connectivity index (χ0v) is 22.8. The van der Waals surface area contributed by atoms with E-state index in [1.54, 1.807) is 6.20 Å². The van der Waals surface area contributed by atoms with E-state index in [4.69, 9.17) is 9.26 Å². The number of benzene rings is 3. The molecule has 1 amide bonds. The molecule has 3 aromatic rings. The first-order valence-corrected chi connectivity index (χ1v) is 14.7. The van der Waals surface area contributed by atoms with Gasteiger partial charge < -0.3 is 9.26 Å². The molecule has 0 saturated heterocycles. The molecule has 3 rings (SSSR count). The first kappa shape index (κ1) is 28.4. The molecule has 5 nitrogen and oxygen atoms in total. The van der Waals surface area contributed by atoms with Crippen molar-refractivity contribution in [2.24, 2.45) is 0 Å². The van der Waals surface area contributed by atoms with Crippen LogP contribution in [0.1, 0.15) is 57.1 Å². The largest absolute Gasteiger partial charge is 0.444 e.